The lowest BCUT2D eigenvalue weighted by Gasteiger charge is -2.08. The number of carbonyl (C=O) groups is 1. The normalized spacial score (nSPS) is 13.4. The van der Waals surface area contributed by atoms with Crippen LogP contribution < -0.4 is 4.74 Å². The van der Waals surface area contributed by atoms with Gasteiger partial charge in [-0.15, -0.1) is 0 Å². The fraction of sp³-hybridized carbons (Fsp3) is 0.158. The number of ether oxygens (including phenoxy) is 1. The fourth-order valence-corrected chi connectivity index (χ4v) is 3.07. The molecule has 3 nitrogen and oxygen atoms in total. The summed E-state index contributed by atoms with van der Waals surface area (Å²) in [6.45, 7) is 0. The predicted molar refractivity (Wildman–Crippen MR) is 85.6 cm³/mol. The lowest BCUT2D eigenvalue weighted by atomic mass is 9.99. The van der Waals surface area contributed by atoms with Crippen LogP contribution in [0.1, 0.15) is 27.2 Å². The zero-order valence-electron chi connectivity index (χ0n) is 12.3. The van der Waals surface area contributed by atoms with Gasteiger partial charge in [-0.05, 0) is 42.7 Å². The van der Waals surface area contributed by atoms with Gasteiger partial charge in [0.25, 0.3) is 0 Å². The molecule has 108 valence electrons. The van der Waals surface area contributed by atoms with Gasteiger partial charge in [0, 0.05) is 16.5 Å². The minimum Gasteiger partial charge on any atom is -0.497 e. The van der Waals surface area contributed by atoms with Crippen molar-refractivity contribution in [1.29, 1.82) is 0 Å². The molecule has 0 N–H and O–H groups in total. The van der Waals surface area contributed by atoms with Crippen LogP contribution in [0, 0.1) is 0 Å². The van der Waals surface area contributed by atoms with Crippen LogP contribution in [0.25, 0.3) is 10.9 Å². The average Bonchev–Trinajstić information content (AvgIpc) is 2.70. The number of pyridine rings is 1. The summed E-state index contributed by atoms with van der Waals surface area (Å²) in [5.41, 5.74) is 4.40. The topological polar surface area (TPSA) is 39.2 Å². The zero-order chi connectivity index (χ0) is 15.1. The van der Waals surface area contributed by atoms with Crippen molar-refractivity contribution in [3.05, 3.63) is 70.9 Å². The summed E-state index contributed by atoms with van der Waals surface area (Å²) in [5, 5.41) is 0.936. The summed E-state index contributed by atoms with van der Waals surface area (Å²) in [6.07, 6.45) is 1.64. The Hall–Kier alpha value is -2.68. The molecule has 3 heteroatoms. The molecule has 0 unspecified atom stereocenters. The van der Waals surface area contributed by atoms with E-state index in [1.165, 1.54) is 0 Å². The number of hydrogen-bond donors (Lipinski definition) is 0. The van der Waals surface area contributed by atoms with Crippen molar-refractivity contribution in [2.45, 2.75) is 12.8 Å². The van der Waals surface area contributed by atoms with Crippen molar-refractivity contribution in [3.8, 4) is 5.75 Å². The van der Waals surface area contributed by atoms with E-state index in [4.69, 9.17) is 9.72 Å². The third-order valence-corrected chi connectivity index (χ3v) is 4.24. The molecule has 22 heavy (non-hydrogen) atoms. The standard InChI is InChI=1S/C19H15NO2/c1-22-14-7-9-17-13(10-14)11-16-18(20-17)8-6-12-4-2-3-5-15(12)19(16)21/h2-5,7,9-11H,6,8H2,1H3. The van der Waals surface area contributed by atoms with Gasteiger partial charge in [-0.25, -0.2) is 0 Å². The number of aromatic nitrogens is 1. The number of benzene rings is 2. The number of hydrogen-bond acceptors (Lipinski definition) is 3. The van der Waals surface area contributed by atoms with E-state index in [2.05, 4.69) is 0 Å². The summed E-state index contributed by atoms with van der Waals surface area (Å²) >= 11 is 0. The van der Waals surface area contributed by atoms with Crippen LogP contribution in [-0.2, 0) is 12.8 Å². The van der Waals surface area contributed by atoms with Gasteiger partial charge < -0.3 is 4.74 Å². The molecule has 0 saturated heterocycles. The summed E-state index contributed by atoms with van der Waals surface area (Å²) in [5.74, 6) is 0.844. The van der Waals surface area contributed by atoms with Crippen molar-refractivity contribution in [2.75, 3.05) is 7.11 Å². The van der Waals surface area contributed by atoms with E-state index >= 15 is 0 Å². The zero-order valence-corrected chi connectivity index (χ0v) is 12.3. The molecule has 0 bridgehead atoms. The Morgan fingerprint density at radius 1 is 1.00 bits per heavy atom. The van der Waals surface area contributed by atoms with Crippen LogP contribution >= 0.6 is 0 Å². The van der Waals surface area contributed by atoms with Gasteiger partial charge in [0.1, 0.15) is 5.75 Å². The fourth-order valence-electron chi connectivity index (χ4n) is 3.07. The lowest BCUT2D eigenvalue weighted by molar-refractivity contribution is 0.103. The highest BCUT2D eigenvalue weighted by Gasteiger charge is 2.22. The minimum atomic E-state index is 0.0697. The summed E-state index contributed by atoms with van der Waals surface area (Å²) < 4.78 is 5.26. The second-order valence-electron chi connectivity index (χ2n) is 5.53. The molecule has 0 atom stereocenters. The Labute approximate surface area is 128 Å². The minimum absolute atomic E-state index is 0.0697. The number of aryl methyl sites for hydroxylation is 2. The van der Waals surface area contributed by atoms with E-state index in [0.717, 1.165) is 46.3 Å². The number of rotatable bonds is 1. The number of methoxy groups -OCH3 is 1. The Kier molecular flexibility index (Phi) is 2.93. The highest BCUT2D eigenvalue weighted by atomic mass is 16.5. The maximum atomic E-state index is 12.9. The molecule has 1 aliphatic rings. The molecule has 1 aliphatic carbocycles. The van der Waals surface area contributed by atoms with Crippen LogP contribution in [0.4, 0.5) is 0 Å². The first kappa shape index (κ1) is 13.0. The van der Waals surface area contributed by atoms with Gasteiger partial charge in [0.15, 0.2) is 5.78 Å². The molecule has 1 aromatic heterocycles. The first-order chi connectivity index (χ1) is 10.8. The SMILES string of the molecule is COc1ccc2nc3c(cc2c1)C(=O)c1ccccc1CC3. The third-order valence-electron chi connectivity index (χ3n) is 4.24. The molecule has 4 rings (SSSR count). The summed E-state index contributed by atoms with van der Waals surface area (Å²) in [6, 6.07) is 15.5. The van der Waals surface area contributed by atoms with E-state index in [1.807, 2.05) is 48.5 Å². The Morgan fingerprint density at radius 2 is 1.86 bits per heavy atom. The van der Waals surface area contributed by atoms with Crippen LogP contribution in [-0.4, -0.2) is 17.9 Å². The predicted octanol–water partition coefficient (Wildman–Crippen LogP) is 3.57. The molecule has 0 radical (unpaired) electrons. The molecular formula is C19H15NO2. The molecule has 0 fully saturated rings. The monoisotopic (exact) mass is 289 g/mol. The Morgan fingerprint density at radius 3 is 2.73 bits per heavy atom. The second-order valence-corrected chi connectivity index (χ2v) is 5.53. The van der Waals surface area contributed by atoms with E-state index < -0.39 is 0 Å². The first-order valence-electron chi connectivity index (χ1n) is 7.36. The molecule has 0 aliphatic heterocycles. The largest absolute Gasteiger partial charge is 0.497 e. The molecule has 3 aromatic rings. The number of nitrogens with zero attached hydrogens (tertiary/aromatic N) is 1. The molecule has 0 spiro atoms. The molecule has 1 heterocycles. The summed E-state index contributed by atoms with van der Waals surface area (Å²) in [4.78, 5) is 17.6. The molecule has 0 amide bonds. The van der Waals surface area contributed by atoms with Gasteiger partial charge in [0.05, 0.1) is 18.3 Å². The number of carbonyl (C=O) groups excluding carboxylic acids is 1. The van der Waals surface area contributed by atoms with Gasteiger partial charge in [-0.2, -0.15) is 0 Å². The third kappa shape index (κ3) is 1.98. The van der Waals surface area contributed by atoms with Crippen LogP contribution in [0.2, 0.25) is 0 Å². The smallest absolute Gasteiger partial charge is 0.195 e. The van der Waals surface area contributed by atoms with Crippen molar-refractivity contribution < 1.29 is 9.53 Å². The van der Waals surface area contributed by atoms with Crippen LogP contribution in [0.5, 0.6) is 5.75 Å². The van der Waals surface area contributed by atoms with Gasteiger partial charge in [0.2, 0.25) is 0 Å². The van der Waals surface area contributed by atoms with Gasteiger partial charge in [-0.1, -0.05) is 24.3 Å². The maximum Gasteiger partial charge on any atom is 0.195 e. The first-order valence-corrected chi connectivity index (χ1v) is 7.36. The number of fused-ring (bicyclic) bond motifs is 3. The average molecular weight is 289 g/mol. The Bertz CT molecular complexity index is 899. The van der Waals surface area contributed by atoms with Crippen molar-refractivity contribution >= 4 is 16.7 Å². The quantitative estimate of drug-likeness (QED) is 0.687. The second kappa shape index (κ2) is 4.95. The molecule has 2 aromatic carbocycles. The highest BCUT2D eigenvalue weighted by molar-refractivity contribution is 6.12. The van der Waals surface area contributed by atoms with Crippen molar-refractivity contribution in [3.63, 3.8) is 0 Å². The van der Waals surface area contributed by atoms with E-state index in [1.54, 1.807) is 7.11 Å². The maximum absolute atomic E-state index is 12.9. The van der Waals surface area contributed by atoms with E-state index in [9.17, 15) is 4.79 Å². The van der Waals surface area contributed by atoms with Gasteiger partial charge in [-0.3, -0.25) is 9.78 Å². The van der Waals surface area contributed by atoms with Gasteiger partial charge >= 0.3 is 0 Å². The van der Waals surface area contributed by atoms with Crippen molar-refractivity contribution in [2.24, 2.45) is 0 Å². The van der Waals surface area contributed by atoms with Crippen molar-refractivity contribution in [1.82, 2.24) is 4.98 Å². The summed E-state index contributed by atoms with van der Waals surface area (Å²) in [7, 11) is 1.64. The van der Waals surface area contributed by atoms with E-state index in [0.29, 0.717) is 5.56 Å². The van der Waals surface area contributed by atoms with Crippen LogP contribution in [0.15, 0.2) is 48.5 Å². The highest BCUT2D eigenvalue weighted by Crippen LogP contribution is 2.27. The molecular weight excluding hydrogens is 274 g/mol. The number of ketones is 1. The van der Waals surface area contributed by atoms with E-state index in [-0.39, 0.29) is 5.78 Å². The lowest BCUT2D eigenvalue weighted by Crippen LogP contribution is -2.05. The van der Waals surface area contributed by atoms with Crippen LogP contribution in [0.3, 0.4) is 0 Å². The Balaban J connectivity index is 1.94. The molecule has 0 saturated carbocycles.